The highest BCUT2D eigenvalue weighted by atomic mass is 35.5. The standard InChI is InChI=1S/C11H13Cl2NO2S/c12-8-3-7(4-9(13)5-8)6-17-2-1-10(14)11(15)16/h3-5,10H,1-2,6,14H2,(H,15,16)/t10-/m0/s1. The van der Waals surface area contributed by atoms with Crippen molar-refractivity contribution in [3.63, 3.8) is 0 Å². The Balaban J connectivity index is 2.33. The molecule has 0 bridgehead atoms. The smallest absolute Gasteiger partial charge is 0.320 e. The Bertz CT molecular complexity index is 381. The lowest BCUT2D eigenvalue weighted by Crippen LogP contribution is -2.30. The van der Waals surface area contributed by atoms with Crippen LogP contribution in [0.1, 0.15) is 12.0 Å². The molecule has 0 radical (unpaired) electrons. The van der Waals surface area contributed by atoms with Crippen LogP contribution in [0, 0.1) is 0 Å². The van der Waals surface area contributed by atoms with Gasteiger partial charge in [-0.15, -0.1) is 0 Å². The second kappa shape index (κ2) is 7.11. The predicted octanol–water partition coefficient (Wildman–Crippen LogP) is 3.03. The van der Waals surface area contributed by atoms with Crippen molar-refractivity contribution >= 4 is 40.9 Å². The fraction of sp³-hybridized carbons (Fsp3) is 0.364. The number of carbonyl (C=O) groups is 1. The van der Waals surface area contributed by atoms with Crippen molar-refractivity contribution in [1.29, 1.82) is 0 Å². The van der Waals surface area contributed by atoms with Gasteiger partial charge in [0, 0.05) is 15.8 Å². The first-order chi connectivity index (χ1) is 7.99. The van der Waals surface area contributed by atoms with Gasteiger partial charge in [-0.05, 0) is 35.9 Å². The van der Waals surface area contributed by atoms with Gasteiger partial charge in [-0.3, -0.25) is 4.79 Å². The van der Waals surface area contributed by atoms with E-state index >= 15 is 0 Å². The van der Waals surface area contributed by atoms with Crippen molar-refractivity contribution in [2.75, 3.05) is 5.75 Å². The Morgan fingerprint density at radius 1 is 1.35 bits per heavy atom. The molecule has 0 spiro atoms. The van der Waals surface area contributed by atoms with Gasteiger partial charge >= 0.3 is 5.97 Å². The van der Waals surface area contributed by atoms with Crippen LogP contribution < -0.4 is 5.73 Å². The van der Waals surface area contributed by atoms with E-state index in [0.717, 1.165) is 11.3 Å². The number of aliphatic carboxylic acids is 1. The first kappa shape index (κ1) is 14.6. The van der Waals surface area contributed by atoms with E-state index in [1.54, 1.807) is 17.8 Å². The Morgan fingerprint density at radius 3 is 2.47 bits per heavy atom. The molecule has 0 heterocycles. The average molecular weight is 294 g/mol. The van der Waals surface area contributed by atoms with Gasteiger partial charge < -0.3 is 10.8 Å². The number of carboxylic acids is 1. The van der Waals surface area contributed by atoms with Gasteiger partial charge in [0.15, 0.2) is 0 Å². The maximum Gasteiger partial charge on any atom is 0.320 e. The van der Waals surface area contributed by atoms with Crippen LogP contribution >= 0.6 is 35.0 Å². The van der Waals surface area contributed by atoms with Crippen molar-refractivity contribution in [3.05, 3.63) is 33.8 Å². The van der Waals surface area contributed by atoms with E-state index in [1.165, 1.54) is 0 Å². The van der Waals surface area contributed by atoms with Crippen molar-refractivity contribution in [3.8, 4) is 0 Å². The van der Waals surface area contributed by atoms with Crippen LogP contribution in [0.25, 0.3) is 0 Å². The zero-order valence-electron chi connectivity index (χ0n) is 9.03. The highest BCUT2D eigenvalue weighted by Crippen LogP contribution is 2.22. The van der Waals surface area contributed by atoms with E-state index in [9.17, 15) is 4.79 Å². The summed E-state index contributed by atoms with van der Waals surface area (Å²) >= 11 is 13.3. The molecule has 0 unspecified atom stereocenters. The highest BCUT2D eigenvalue weighted by Gasteiger charge is 2.10. The molecule has 0 aliphatic carbocycles. The van der Waals surface area contributed by atoms with Gasteiger partial charge in [0.25, 0.3) is 0 Å². The zero-order chi connectivity index (χ0) is 12.8. The number of benzene rings is 1. The molecule has 1 aromatic rings. The third-order valence-corrected chi connectivity index (χ3v) is 3.58. The summed E-state index contributed by atoms with van der Waals surface area (Å²) in [5.41, 5.74) is 6.41. The highest BCUT2D eigenvalue weighted by molar-refractivity contribution is 7.98. The van der Waals surface area contributed by atoms with Crippen LogP contribution in [0.5, 0.6) is 0 Å². The molecule has 0 amide bonds. The maximum absolute atomic E-state index is 10.5. The molecule has 3 nitrogen and oxygen atoms in total. The first-order valence-electron chi connectivity index (χ1n) is 5.00. The molecule has 94 valence electrons. The monoisotopic (exact) mass is 293 g/mol. The maximum atomic E-state index is 10.5. The van der Waals surface area contributed by atoms with Crippen molar-refractivity contribution in [1.82, 2.24) is 0 Å². The number of carboxylic acid groups (broad SMARTS) is 1. The van der Waals surface area contributed by atoms with Gasteiger partial charge in [0.1, 0.15) is 6.04 Å². The molecule has 0 aliphatic rings. The van der Waals surface area contributed by atoms with Crippen LogP contribution in [-0.4, -0.2) is 22.9 Å². The number of rotatable bonds is 6. The molecule has 0 fully saturated rings. The summed E-state index contributed by atoms with van der Waals surface area (Å²) in [6.45, 7) is 0. The minimum Gasteiger partial charge on any atom is -0.480 e. The van der Waals surface area contributed by atoms with E-state index in [2.05, 4.69) is 0 Å². The summed E-state index contributed by atoms with van der Waals surface area (Å²) in [7, 11) is 0. The molecule has 3 N–H and O–H groups in total. The lowest BCUT2D eigenvalue weighted by molar-refractivity contribution is -0.138. The van der Waals surface area contributed by atoms with Crippen molar-refractivity contribution in [2.45, 2.75) is 18.2 Å². The molecule has 0 aliphatic heterocycles. The second-order valence-electron chi connectivity index (χ2n) is 3.56. The van der Waals surface area contributed by atoms with Gasteiger partial charge in [-0.2, -0.15) is 11.8 Å². The van der Waals surface area contributed by atoms with E-state index in [0.29, 0.717) is 22.2 Å². The molecule has 1 atom stereocenters. The number of hydrogen-bond acceptors (Lipinski definition) is 3. The summed E-state index contributed by atoms with van der Waals surface area (Å²) < 4.78 is 0. The molecule has 1 aromatic carbocycles. The van der Waals surface area contributed by atoms with Crippen LogP contribution in [-0.2, 0) is 10.5 Å². The second-order valence-corrected chi connectivity index (χ2v) is 5.54. The van der Waals surface area contributed by atoms with Crippen molar-refractivity contribution in [2.24, 2.45) is 5.73 Å². The van der Waals surface area contributed by atoms with Gasteiger partial charge in [-0.1, -0.05) is 23.2 Å². The van der Waals surface area contributed by atoms with Gasteiger partial charge in [-0.25, -0.2) is 0 Å². The van der Waals surface area contributed by atoms with E-state index in [4.69, 9.17) is 34.0 Å². The molecule has 17 heavy (non-hydrogen) atoms. The number of hydrogen-bond donors (Lipinski definition) is 2. The van der Waals surface area contributed by atoms with E-state index < -0.39 is 12.0 Å². The third kappa shape index (κ3) is 5.64. The average Bonchev–Trinajstić information content (AvgIpc) is 2.22. The summed E-state index contributed by atoms with van der Waals surface area (Å²) in [4.78, 5) is 10.5. The van der Waals surface area contributed by atoms with E-state index in [-0.39, 0.29) is 0 Å². The summed E-state index contributed by atoms with van der Waals surface area (Å²) in [6, 6.07) is 4.58. The predicted molar refractivity (Wildman–Crippen MR) is 72.9 cm³/mol. The summed E-state index contributed by atoms with van der Waals surface area (Å²) in [5, 5.41) is 9.82. The molecule has 0 saturated carbocycles. The van der Waals surface area contributed by atoms with E-state index in [1.807, 2.05) is 12.1 Å². The number of thioether (sulfide) groups is 1. The molecular weight excluding hydrogens is 281 g/mol. The zero-order valence-corrected chi connectivity index (χ0v) is 11.4. The third-order valence-electron chi connectivity index (χ3n) is 2.08. The fourth-order valence-electron chi connectivity index (χ4n) is 1.22. The van der Waals surface area contributed by atoms with Gasteiger partial charge in [0.05, 0.1) is 0 Å². The molecule has 1 rings (SSSR count). The Hall–Kier alpha value is -0.420. The van der Waals surface area contributed by atoms with Crippen LogP contribution in [0.2, 0.25) is 10.0 Å². The van der Waals surface area contributed by atoms with Crippen LogP contribution in [0.3, 0.4) is 0 Å². The minimum absolute atomic E-state index is 0.453. The molecule has 0 aromatic heterocycles. The fourth-order valence-corrected chi connectivity index (χ4v) is 2.76. The Labute approximate surface area is 114 Å². The van der Waals surface area contributed by atoms with Crippen LogP contribution in [0.15, 0.2) is 18.2 Å². The topological polar surface area (TPSA) is 63.3 Å². The number of halogens is 2. The van der Waals surface area contributed by atoms with Crippen LogP contribution in [0.4, 0.5) is 0 Å². The first-order valence-corrected chi connectivity index (χ1v) is 6.91. The van der Waals surface area contributed by atoms with Gasteiger partial charge in [0.2, 0.25) is 0 Å². The molecule has 0 saturated heterocycles. The number of nitrogens with two attached hydrogens (primary N) is 1. The largest absolute Gasteiger partial charge is 0.480 e. The summed E-state index contributed by atoms with van der Waals surface area (Å²) in [6.07, 6.45) is 0.453. The molecule has 6 heteroatoms. The quantitative estimate of drug-likeness (QED) is 0.792. The lowest BCUT2D eigenvalue weighted by atomic mass is 10.2. The Kier molecular flexibility index (Phi) is 6.12. The Morgan fingerprint density at radius 2 is 1.94 bits per heavy atom. The molecular formula is C11H13Cl2NO2S. The lowest BCUT2D eigenvalue weighted by Gasteiger charge is -2.06. The van der Waals surface area contributed by atoms with Crippen molar-refractivity contribution < 1.29 is 9.90 Å². The minimum atomic E-state index is -0.962. The SMILES string of the molecule is N[C@@H](CCSCc1cc(Cl)cc(Cl)c1)C(=O)O. The normalized spacial score (nSPS) is 12.4. The summed E-state index contributed by atoms with van der Waals surface area (Å²) in [5.74, 6) is 0.473.